The van der Waals surface area contributed by atoms with Gasteiger partial charge in [-0.2, -0.15) is 0 Å². The van der Waals surface area contributed by atoms with Crippen LogP contribution in [0.25, 0.3) is 0 Å². The van der Waals surface area contributed by atoms with E-state index in [0.29, 0.717) is 12.6 Å². The van der Waals surface area contributed by atoms with Crippen molar-refractivity contribution in [2.45, 2.75) is 38.3 Å². The first-order valence-corrected chi connectivity index (χ1v) is 6.10. The van der Waals surface area contributed by atoms with Crippen LogP contribution >= 0.6 is 0 Å². The van der Waals surface area contributed by atoms with Crippen molar-refractivity contribution in [1.29, 1.82) is 0 Å². The molecule has 0 saturated heterocycles. The van der Waals surface area contributed by atoms with Crippen LogP contribution in [0, 0.1) is 5.41 Å². The Hall–Kier alpha value is -1.09. The predicted molar refractivity (Wildman–Crippen MR) is 65.2 cm³/mol. The van der Waals surface area contributed by atoms with Crippen LogP contribution in [0.3, 0.4) is 0 Å². The number of hydrogen-bond donors (Lipinski definition) is 1. The fourth-order valence-electron chi connectivity index (χ4n) is 2.73. The van der Waals surface area contributed by atoms with Gasteiger partial charge in [0.15, 0.2) is 0 Å². The Morgan fingerprint density at radius 3 is 2.69 bits per heavy atom. The molecule has 0 unspecified atom stereocenters. The van der Waals surface area contributed by atoms with Gasteiger partial charge in [0.1, 0.15) is 5.82 Å². The van der Waals surface area contributed by atoms with E-state index in [4.69, 9.17) is 5.73 Å². The molecular formula is C13H19N3. The van der Waals surface area contributed by atoms with Crippen LogP contribution in [0.1, 0.15) is 31.2 Å². The van der Waals surface area contributed by atoms with Crippen molar-refractivity contribution in [3.63, 3.8) is 0 Å². The summed E-state index contributed by atoms with van der Waals surface area (Å²) in [5.41, 5.74) is 7.42. The van der Waals surface area contributed by atoms with Gasteiger partial charge in [-0.15, -0.1) is 0 Å². The summed E-state index contributed by atoms with van der Waals surface area (Å²) < 4.78 is 0. The Bertz CT molecular complexity index is 373. The van der Waals surface area contributed by atoms with Crippen LogP contribution in [-0.4, -0.2) is 18.1 Å². The van der Waals surface area contributed by atoms with Crippen molar-refractivity contribution in [2.75, 3.05) is 11.9 Å². The van der Waals surface area contributed by atoms with Crippen LogP contribution in [0.5, 0.6) is 0 Å². The van der Waals surface area contributed by atoms with Crippen LogP contribution < -0.4 is 10.6 Å². The molecular weight excluding hydrogens is 198 g/mol. The quantitative estimate of drug-likeness (QED) is 0.841. The van der Waals surface area contributed by atoms with Crippen molar-refractivity contribution in [2.24, 2.45) is 11.1 Å². The van der Waals surface area contributed by atoms with Gasteiger partial charge >= 0.3 is 0 Å². The topological polar surface area (TPSA) is 42.1 Å². The molecule has 0 aliphatic heterocycles. The van der Waals surface area contributed by atoms with Gasteiger partial charge in [-0.1, -0.05) is 6.07 Å². The van der Waals surface area contributed by atoms with Crippen molar-refractivity contribution in [1.82, 2.24) is 4.98 Å². The number of nitrogens with zero attached hydrogens (tertiary/aromatic N) is 2. The highest BCUT2D eigenvalue weighted by Gasteiger charge is 2.54. The predicted octanol–water partition coefficient (Wildman–Crippen LogP) is 1.92. The van der Waals surface area contributed by atoms with Gasteiger partial charge in [-0.25, -0.2) is 4.98 Å². The Labute approximate surface area is 96.7 Å². The summed E-state index contributed by atoms with van der Waals surface area (Å²) in [7, 11) is 2.16. The average Bonchev–Trinajstić information content (AvgIpc) is 3.06. The molecule has 0 amide bonds. The number of nitrogens with two attached hydrogens (primary N) is 1. The summed E-state index contributed by atoms with van der Waals surface area (Å²) in [5, 5.41) is 0. The lowest BCUT2D eigenvalue weighted by Gasteiger charge is -2.42. The second-order valence-electron chi connectivity index (χ2n) is 5.40. The third-order valence-electron chi connectivity index (χ3n) is 4.25. The molecule has 2 fully saturated rings. The molecule has 2 aliphatic rings. The zero-order valence-corrected chi connectivity index (χ0v) is 9.82. The fourth-order valence-corrected chi connectivity index (χ4v) is 2.73. The summed E-state index contributed by atoms with van der Waals surface area (Å²) in [6, 6.07) is 4.86. The van der Waals surface area contributed by atoms with Gasteiger partial charge in [0.05, 0.1) is 0 Å². The van der Waals surface area contributed by atoms with Crippen LogP contribution in [0.2, 0.25) is 0 Å². The van der Waals surface area contributed by atoms with Gasteiger partial charge in [-0.05, 0) is 42.7 Å². The van der Waals surface area contributed by atoms with Crippen LogP contribution in [0.15, 0.2) is 18.3 Å². The monoisotopic (exact) mass is 217 g/mol. The Morgan fingerprint density at radius 1 is 1.44 bits per heavy atom. The maximum Gasteiger partial charge on any atom is 0.128 e. The molecule has 1 aromatic rings. The van der Waals surface area contributed by atoms with Gasteiger partial charge in [0, 0.05) is 25.8 Å². The summed E-state index contributed by atoms with van der Waals surface area (Å²) in [6.45, 7) is 0.573. The third-order valence-corrected chi connectivity index (χ3v) is 4.25. The highest BCUT2D eigenvalue weighted by Crippen LogP contribution is 2.61. The lowest BCUT2D eigenvalue weighted by atomic mass is 9.76. The second-order valence-corrected chi connectivity index (χ2v) is 5.40. The smallest absolute Gasteiger partial charge is 0.128 e. The fraction of sp³-hybridized carbons (Fsp3) is 0.615. The lowest BCUT2D eigenvalue weighted by Crippen LogP contribution is -2.44. The maximum atomic E-state index is 5.56. The van der Waals surface area contributed by atoms with Gasteiger partial charge in [-0.3, -0.25) is 0 Å². The molecule has 0 radical (unpaired) electrons. The normalized spacial score (nSPS) is 21.9. The van der Waals surface area contributed by atoms with Crippen molar-refractivity contribution in [3.8, 4) is 0 Å². The molecule has 2 N–H and O–H groups in total. The third kappa shape index (κ3) is 1.59. The van der Waals surface area contributed by atoms with Crippen molar-refractivity contribution < 1.29 is 0 Å². The standard InChI is InChI=1S/C13H19N3/c1-16(11-6-13(7-11)4-5-13)12-3-2-10(8-14)9-15-12/h2-3,9,11H,4-8,14H2,1H3. The first-order valence-electron chi connectivity index (χ1n) is 6.10. The van der Waals surface area contributed by atoms with E-state index in [0.717, 1.165) is 16.8 Å². The molecule has 3 nitrogen and oxygen atoms in total. The van der Waals surface area contributed by atoms with Gasteiger partial charge in [0.25, 0.3) is 0 Å². The molecule has 0 atom stereocenters. The molecule has 16 heavy (non-hydrogen) atoms. The number of aromatic nitrogens is 1. The average molecular weight is 217 g/mol. The zero-order chi connectivity index (χ0) is 11.2. The minimum Gasteiger partial charge on any atom is -0.357 e. The molecule has 2 aliphatic carbocycles. The van der Waals surface area contributed by atoms with Crippen LogP contribution in [0.4, 0.5) is 5.82 Å². The molecule has 2 saturated carbocycles. The minimum atomic E-state index is 0.573. The minimum absolute atomic E-state index is 0.573. The lowest BCUT2D eigenvalue weighted by molar-refractivity contribution is 0.232. The van der Waals surface area contributed by atoms with E-state index in [-0.39, 0.29) is 0 Å². The number of anilines is 1. The van der Waals surface area contributed by atoms with E-state index in [1.165, 1.54) is 25.7 Å². The molecule has 3 rings (SSSR count). The summed E-state index contributed by atoms with van der Waals surface area (Å²) >= 11 is 0. The summed E-state index contributed by atoms with van der Waals surface area (Å²) in [5.74, 6) is 1.08. The molecule has 86 valence electrons. The summed E-state index contributed by atoms with van der Waals surface area (Å²) in [4.78, 5) is 6.79. The van der Waals surface area contributed by atoms with E-state index in [1.54, 1.807) is 0 Å². The highest BCUT2D eigenvalue weighted by molar-refractivity contribution is 5.41. The Morgan fingerprint density at radius 2 is 2.19 bits per heavy atom. The SMILES string of the molecule is CN(c1ccc(CN)cn1)C1CC2(CC2)C1. The largest absolute Gasteiger partial charge is 0.357 e. The van der Waals surface area contributed by atoms with Crippen molar-refractivity contribution in [3.05, 3.63) is 23.9 Å². The molecule has 0 aromatic carbocycles. The van der Waals surface area contributed by atoms with Gasteiger partial charge in [0.2, 0.25) is 0 Å². The molecule has 1 aromatic heterocycles. The highest BCUT2D eigenvalue weighted by atomic mass is 15.2. The first kappa shape index (κ1) is 10.1. The number of pyridine rings is 1. The van der Waals surface area contributed by atoms with Crippen LogP contribution in [-0.2, 0) is 6.54 Å². The number of hydrogen-bond acceptors (Lipinski definition) is 3. The molecule has 3 heteroatoms. The Balaban J connectivity index is 1.66. The molecule has 1 heterocycles. The first-order chi connectivity index (χ1) is 7.72. The second kappa shape index (κ2) is 3.45. The molecule has 1 spiro atoms. The molecule has 0 bridgehead atoms. The van der Waals surface area contributed by atoms with E-state index >= 15 is 0 Å². The van der Waals surface area contributed by atoms with Gasteiger partial charge < -0.3 is 10.6 Å². The zero-order valence-electron chi connectivity index (χ0n) is 9.82. The van der Waals surface area contributed by atoms with Crippen molar-refractivity contribution >= 4 is 5.82 Å². The van der Waals surface area contributed by atoms with E-state index in [1.807, 2.05) is 6.20 Å². The van der Waals surface area contributed by atoms with E-state index in [9.17, 15) is 0 Å². The number of rotatable bonds is 3. The maximum absolute atomic E-state index is 5.56. The Kier molecular flexibility index (Phi) is 2.18. The summed E-state index contributed by atoms with van der Waals surface area (Å²) in [6.07, 6.45) is 7.53. The van der Waals surface area contributed by atoms with E-state index in [2.05, 4.69) is 29.1 Å². The van der Waals surface area contributed by atoms with E-state index < -0.39 is 0 Å².